The summed E-state index contributed by atoms with van der Waals surface area (Å²) in [5.74, 6) is 0.280. The van der Waals surface area contributed by atoms with Crippen LogP contribution in [0.4, 0.5) is 0 Å². The van der Waals surface area contributed by atoms with E-state index in [1.54, 1.807) is 10.9 Å². The van der Waals surface area contributed by atoms with E-state index in [4.69, 9.17) is 0 Å². The fourth-order valence-corrected chi connectivity index (χ4v) is 2.54. The van der Waals surface area contributed by atoms with Gasteiger partial charge in [-0.05, 0) is 25.2 Å². The zero-order valence-electron chi connectivity index (χ0n) is 11.1. The van der Waals surface area contributed by atoms with Gasteiger partial charge < -0.3 is 10.0 Å². The van der Waals surface area contributed by atoms with E-state index in [0.717, 1.165) is 31.5 Å². The Morgan fingerprint density at radius 2 is 2.39 bits per heavy atom. The summed E-state index contributed by atoms with van der Waals surface area (Å²) in [5, 5.41) is 13.5. The van der Waals surface area contributed by atoms with Crippen molar-refractivity contribution in [3.8, 4) is 0 Å². The van der Waals surface area contributed by atoms with Gasteiger partial charge in [0.1, 0.15) is 0 Å². The molecule has 2 rings (SSSR count). The zero-order chi connectivity index (χ0) is 13.1. The highest BCUT2D eigenvalue weighted by Gasteiger charge is 2.26. The number of amides is 1. The lowest BCUT2D eigenvalue weighted by atomic mass is 9.98. The van der Waals surface area contributed by atoms with Gasteiger partial charge in [0, 0.05) is 32.9 Å². The molecule has 0 aliphatic carbocycles. The molecule has 18 heavy (non-hydrogen) atoms. The van der Waals surface area contributed by atoms with Gasteiger partial charge in [-0.3, -0.25) is 9.48 Å². The van der Waals surface area contributed by atoms with Crippen LogP contribution in [0.5, 0.6) is 0 Å². The number of rotatable bonds is 3. The zero-order valence-corrected chi connectivity index (χ0v) is 11.1. The molecule has 0 spiro atoms. The first kappa shape index (κ1) is 13.1. The van der Waals surface area contributed by atoms with Crippen molar-refractivity contribution in [2.45, 2.75) is 26.2 Å². The Morgan fingerprint density at radius 3 is 3.06 bits per heavy atom. The molecule has 1 aromatic heterocycles. The lowest BCUT2D eigenvalue weighted by Gasteiger charge is -2.31. The van der Waals surface area contributed by atoms with Gasteiger partial charge in [0.05, 0.1) is 11.3 Å². The Balaban J connectivity index is 2.14. The maximum Gasteiger partial charge on any atom is 0.257 e. The molecule has 1 aliphatic heterocycles. The number of likely N-dealkylation sites (tertiary alicyclic amines) is 1. The summed E-state index contributed by atoms with van der Waals surface area (Å²) in [6, 6.07) is 0. The number of hydrogen-bond acceptors (Lipinski definition) is 3. The minimum Gasteiger partial charge on any atom is -0.396 e. The first-order valence-corrected chi connectivity index (χ1v) is 6.58. The monoisotopic (exact) mass is 251 g/mol. The van der Waals surface area contributed by atoms with Crippen molar-refractivity contribution in [3.63, 3.8) is 0 Å². The Hall–Kier alpha value is -1.36. The Kier molecular flexibility index (Phi) is 4.01. The molecule has 0 aromatic carbocycles. The molecule has 1 aliphatic rings. The third-order valence-corrected chi connectivity index (χ3v) is 3.53. The molecule has 5 heteroatoms. The molecule has 1 saturated heterocycles. The molecule has 2 heterocycles. The summed E-state index contributed by atoms with van der Waals surface area (Å²) in [6.45, 7) is 3.62. The van der Waals surface area contributed by atoms with Gasteiger partial charge in [-0.1, -0.05) is 6.92 Å². The van der Waals surface area contributed by atoms with Crippen molar-refractivity contribution in [2.24, 2.45) is 13.0 Å². The fraction of sp³-hybridized carbons (Fsp3) is 0.692. The summed E-state index contributed by atoms with van der Waals surface area (Å²) in [5.41, 5.74) is 1.56. The van der Waals surface area contributed by atoms with Crippen molar-refractivity contribution < 1.29 is 9.90 Å². The average molecular weight is 251 g/mol. The Labute approximate surface area is 107 Å². The maximum atomic E-state index is 12.4. The number of aliphatic hydroxyl groups is 1. The highest BCUT2D eigenvalue weighted by atomic mass is 16.3. The van der Waals surface area contributed by atoms with E-state index in [1.807, 2.05) is 18.9 Å². The van der Waals surface area contributed by atoms with Gasteiger partial charge in [0.25, 0.3) is 5.91 Å². The molecule has 0 bridgehead atoms. The van der Waals surface area contributed by atoms with Crippen LogP contribution in [0.25, 0.3) is 0 Å². The molecule has 1 unspecified atom stereocenters. The van der Waals surface area contributed by atoms with Crippen LogP contribution < -0.4 is 0 Å². The quantitative estimate of drug-likeness (QED) is 0.865. The van der Waals surface area contributed by atoms with E-state index in [0.29, 0.717) is 12.1 Å². The van der Waals surface area contributed by atoms with Gasteiger partial charge in [-0.25, -0.2) is 0 Å². The number of piperidine rings is 1. The third-order valence-electron chi connectivity index (χ3n) is 3.53. The standard InChI is InChI=1S/C13H21N3O2/c1-3-12-11(8-15(2)14-12)13(18)16-6-4-5-10(7-16)9-17/h8,10,17H,3-7,9H2,1-2H3. The largest absolute Gasteiger partial charge is 0.396 e. The van der Waals surface area contributed by atoms with Crippen LogP contribution >= 0.6 is 0 Å². The van der Waals surface area contributed by atoms with Gasteiger partial charge in [-0.2, -0.15) is 5.10 Å². The fourth-order valence-electron chi connectivity index (χ4n) is 2.54. The SMILES string of the molecule is CCc1nn(C)cc1C(=O)N1CCCC(CO)C1. The van der Waals surface area contributed by atoms with Crippen molar-refractivity contribution >= 4 is 5.91 Å². The van der Waals surface area contributed by atoms with Crippen LogP contribution in [-0.4, -0.2) is 45.4 Å². The number of nitrogens with zero attached hydrogens (tertiary/aromatic N) is 3. The molecule has 100 valence electrons. The molecule has 1 N–H and O–H groups in total. The van der Waals surface area contributed by atoms with Crippen molar-refractivity contribution in [1.82, 2.24) is 14.7 Å². The van der Waals surface area contributed by atoms with E-state index in [-0.39, 0.29) is 18.4 Å². The predicted molar refractivity (Wildman–Crippen MR) is 68.3 cm³/mol. The number of carbonyl (C=O) groups is 1. The molecule has 5 nitrogen and oxygen atoms in total. The maximum absolute atomic E-state index is 12.4. The molecule has 1 atom stereocenters. The van der Waals surface area contributed by atoms with Crippen LogP contribution in [-0.2, 0) is 13.5 Å². The minimum absolute atomic E-state index is 0.0538. The second-order valence-corrected chi connectivity index (χ2v) is 4.96. The minimum atomic E-state index is 0.0538. The molecular weight excluding hydrogens is 230 g/mol. The molecule has 0 saturated carbocycles. The van der Waals surface area contributed by atoms with Crippen LogP contribution in [0.2, 0.25) is 0 Å². The van der Waals surface area contributed by atoms with Crippen LogP contribution in [0.1, 0.15) is 35.8 Å². The van der Waals surface area contributed by atoms with E-state index in [1.165, 1.54) is 0 Å². The highest BCUT2D eigenvalue weighted by molar-refractivity contribution is 5.95. The number of carbonyl (C=O) groups excluding carboxylic acids is 1. The summed E-state index contributed by atoms with van der Waals surface area (Å²) in [7, 11) is 1.84. The van der Waals surface area contributed by atoms with Gasteiger partial charge >= 0.3 is 0 Å². The third kappa shape index (κ3) is 2.56. The van der Waals surface area contributed by atoms with Crippen molar-refractivity contribution in [2.75, 3.05) is 19.7 Å². The molecule has 1 amide bonds. The molecule has 0 radical (unpaired) electrons. The number of aryl methyl sites for hydroxylation is 2. The van der Waals surface area contributed by atoms with E-state index >= 15 is 0 Å². The number of aromatic nitrogens is 2. The lowest BCUT2D eigenvalue weighted by Crippen LogP contribution is -2.41. The molecule has 1 aromatic rings. The summed E-state index contributed by atoms with van der Waals surface area (Å²) >= 11 is 0. The van der Waals surface area contributed by atoms with E-state index < -0.39 is 0 Å². The summed E-state index contributed by atoms with van der Waals surface area (Å²) in [6.07, 6.45) is 4.54. The number of aliphatic hydroxyl groups excluding tert-OH is 1. The van der Waals surface area contributed by atoms with Gasteiger partial charge in [0.2, 0.25) is 0 Å². The van der Waals surface area contributed by atoms with E-state index in [9.17, 15) is 9.90 Å². The molecular formula is C13H21N3O2. The normalized spacial score (nSPS) is 20.2. The van der Waals surface area contributed by atoms with Crippen LogP contribution in [0, 0.1) is 5.92 Å². The van der Waals surface area contributed by atoms with E-state index in [2.05, 4.69) is 5.10 Å². The number of hydrogen-bond donors (Lipinski definition) is 1. The lowest BCUT2D eigenvalue weighted by molar-refractivity contribution is 0.0619. The highest BCUT2D eigenvalue weighted by Crippen LogP contribution is 2.19. The van der Waals surface area contributed by atoms with Crippen LogP contribution in [0.15, 0.2) is 6.20 Å². The predicted octanol–water partition coefficient (Wildman–Crippen LogP) is 0.827. The Morgan fingerprint density at radius 1 is 1.61 bits per heavy atom. The smallest absolute Gasteiger partial charge is 0.257 e. The van der Waals surface area contributed by atoms with Gasteiger partial charge in [-0.15, -0.1) is 0 Å². The summed E-state index contributed by atoms with van der Waals surface area (Å²) < 4.78 is 1.69. The Bertz CT molecular complexity index is 428. The summed E-state index contributed by atoms with van der Waals surface area (Å²) in [4.78, 5) is 14.3. The first-order valence-electron chi connectivity index (χ1n) is 6.58. The molecule has 1 fully saturated rings. The van der Waals surface area contributed by atoms with Gasteiger partial charge in [0.15, 0.2) is 0 Å². The van der Waals surface area contributed by atoms with Crippen LogP contribution in [0.3, 0.4) is 0 Å². The average Bonchev–Trinajstić information content (AvgIpc) is 2.79. The second-order valence-electron chi connectivity index (χ2n) is 4.96. The van der Waals surface area contributed by atoms with Crippen molar-refractivity contribution in [1.29, 1.82) is 0 Å². The second kappa shape index (κ2) is 5.52. The topological polar surface area (TPSA) is 58.4 Å². The van der Waals surface area contributed by atoms with Crippen molar-refractivity contribution in [3.05, 3.63) is 17.5 Å². The first-order chi connectivity index (χ1) is 8.65.